The summed E-state index contributed by atoms with van der Waals surface area (Å²) < 4.78 is 54.2. The molecule has 0 saturated heterocycles. The summed E-state index contributed by atoms with van der Waals surface area (Å²) in [6.07, 6.45) is -1.48. The van der Waals surface area contributed by atoms with Gasteiger partial charge in [-0.1, -0.05) is 17.7 Å². The minimum atomic E-state index is -4.69. The van der Waals surface area contributed by atoms with Crippen LogP contribution in [0, 0.1) is 5.82 Å². The van der Waals surface area contributed by atoms with E-state index in [9.17, 15) is 17.6 Å². The van der Waals surface area contributed by atoms with Crippen LogP contribution in [0.2, 0.25) is 5.15 Å². The van der Waals surface area contributed by atoms with Crippen molar-refractivity contribution in [3.8, 4) is 0 Å². The molecular formula is C18H18ClF4N3. The highest BCUT2D eigenvalue weighted by atomic mass is 35.5. The number of rotatable bonds is 4. The Labute approximate surface area is 153 Å². The number of nitrogens with zero attached hydrogens (tertiary/aromatic N) is 2. The summed E-state index contributed by atoms with van der Waals surface area (Å²) in [7, 11) is 0. The molecule has 4 rings (SSSR count). The highest BCUT2D eigenvalue weighted by Gasteiger charge is 2.35. The number of nitrogens with one attached hydrogen (secondary N) is 1. The normalized spacial score (nSPS) is 20.3. The van der Waals surface area contributed by atoms with Crippen molar-refractivity contribution in [2.45, 2.75) is 50.4 Å². The van der Waals surface area contributed by atoms with Crippen LogP contribution >= 0.6 is 11.6 Å². The second-order valence-corrected chi connectivity index (χ2v) is 7.29. The number of aromatic nitrogens is 2. The Morgan fingerprint density at radius 1 is 1.27 bits per heavy atom. The molecule has 1 aromatic carbocycles. The highest BCUT2D eigenvalue weighted by Crippen LogP contribution is 2.43. The molecule has 1 atom stereocenters. The van der Waals surface area contributed by atoms with Gasteiger partial charge in [0.15, 0.2) is 5.15 Å². The fraction of sp³-hybridized carbons (Fsp3) is 0.500. The van der Waals surface area contributed by atoms with E-state index < -0.39 is 17.6 Å². The average Bonchev–Trinajstić information content (AvgIpc) is 3.37. The molecule has 3 nitrogen and oxygen atoms in total. The molecule has 1 N–H and O–H groups in total. The smallest absolute Gasteiger partial charge is 0.328 e. The summed E-state index contributed by atoms with van der Waals surface area (Å²) >= 11 is 6.35. The molecule has 1 fully saturated rings. The Morgan fingerprint density at radius 3 is 2.73 bits per heavy atom. The van der Waals surface area contributed by atoms with Gasteiger partial charge < -0.3 is 9.88 Å². The predicted octanol–water partition coefficient (Wildman–Crippen LogP) is 4.85. The SMILES string of the molecule is Fc1ccc(CCC2NCCn3c(C4CC4)nc(Cl)c32)cc1C(F)(F)F. The van der Waals surface area contributed by atoms with Crippen LogP contribution in [-0.4, -0.2) is 16.1 Å². The zero-order valence-electron chi connectivity index (χ0n) is 13.9. The molecule has 0 radical (unpaired) electrons. The van der Waals surface area contributed by atoms with Gasteiger partial charge >= 0.3 is 6.18 Å². The van der Waals surface area contributed by atoms with Crippen LogP contribution < -0.4 is 5.32 Å². The lowest BCUT2D eigenvalue weighted by atomic mass is 10.00. The van der Waals surface area contributed by atoms with E-state index in [2.05, 4.69) is 14.9 Å². The lowest BCUT2D eigenvalue weighted by molar-refractivity contribution is -0.140. The number of halogens is 5. The summed E-state index contributed by atoms with van der Waals surface area (Å²) in [5.74, 6) is 0.260. The van der Waals surface area contributed by atoms with Crippen molar-refractivity contribution in [3.63, 3.8) is 0 Å². The van der Waals surface area contributed by atoms with Crippen LogP contribution in [-0.2, 0) is 19.1 Å². The number of benzene rings is 1. The molecule has 1 unspecified atom stereocenters. The number of aryl methyl sites for hydroxylation is 1. The molecule has 0 amide bonds. The fourth-order valence-corrected chi connectivity index (χ4v) is 3.94. The van der Waals surface area contributed by atoms with Crippen molar-refractivity contribution < 1.29 is 17.6 Å². The molecule has 8 heteroatoms. The van der Waals surface area contributed by atoms with Gasteiger partial charge in [0.1, 0.15) is 11.6 Å². The molecule has 1 aromatic heterocycles. The summed E-state index contributed by atoms with van der Waals surface area (Å²) in [4.78, 5) is 4.51. The third-order valence-electron chi connectivity index (χ3n) is 5.05. The number of imidazole rings is 1. The first kappa shape index (κ1) is 17.8. The van der Waals surface area contributed by atoms with E-state index in [1.165, 1.54) is 6.07 Å². The Kier molecular flexibility index (Phi) is 4.47. The topological polar surface area (TPSA) is 29.9 Å². The van der Waals surface area contributed by atoms with Crippen molar-refractivity contribution in [2.24, 2.45) is 0 Å². The Bertz CT molecular complexity index is 827. The van der Waals surface area contributed by atoms with Crippen molar-refractivity contribution in [1.82, 2.24) is 14.9 Å². The second-order valence-electron chi connectivity index (χ2n) is 6.93. The Hall–Kier alpha value is -1.60. The maximum Gasteiger partial charge on any atom is 0.419 e. The summed E-state index contributed by atoms with van der Waals surface area (Å²) in [6, 6.07) is 3.11. The van der Waals surface area contributed by atoms with Crippen molar-refractivity contribution in [2.75, 3.05) is 6.54 Å². The van der Waals surface area contributed by atoms with Gasteiger partial charge in [-0.3, -0.25) is 0 Å². The van der Waals surface area contributed by atoms with E-state index in [1.54, 1.807) is 0 Å². The van der Waals surface area contributed by atoms with Crippen LogP contribution in [0.1, 0.15) is 53.9 Å². The highest BCUT2D eigenvalue weighted by molar-refractivity contribution is 6.30. The molecule has 0 spiro atoms. The molecule has 0 bridgehead atoms. The van der Waals surface area contributed by atoms with Gasteiger partial charge in [-0.05, 0) is 43.4 Å². The van der Waals surface area contributed by atoms with Gasteiger partial charge in [-0.25, -0.2) is 9.37 Å². The van der Waals surface area contributed by atoms with Crippen molar-refractivity contribution >= 4 is 11.6 Å². The van der Waals surface area contributed by atoms with Crippen molar-refractivity contribution in [3.05, 3.63) is 51.8 Å². The molecule has 1 aliphatic carbocycles. The molecule has 2 aliphatic rings. The van der Waals surface area contributed by atoms with Gasteiger partial charge in [-0.15, -0.1) is 0 Å². The minimum absolute atomic E-state index is 0.0735. The largest absolute Gasteiger partial charge is 0.419 e. The van der Waals surface area contributed by atoms with Gasteiger partial charge in [0, 0.05) is 19.0 Å². The number of fused-ring (bicyclic) bond motifs is 1. The van der Waals surface area contributed by atoms with E-state index >= 15 is 0 Å². The van der Waals surface area contributed by atoms with Crippen molar-refractivity contribution in [1.29, 1.82) is 0 Å². The molecule has 2 heterocycles. The van der Waals surface area contributed by atoms with E-state index in [-0.39, 0.29) is 6.04 Å². The molecular weight excluding hydrogens is 370 g/mol. The maximum absolute atomic E-state index is 13.4. The summed E-state index contributed by atoms with van der Waals surface area (Å²) in [6.45, 7) is 1.56. The lowest BCUT2D eigenvalue weighted by Gasteiger charge is -2.27. The third kappa shape index (κ3) is 3.34. The molecule has 140 valence electrons. The summed E-state index contributed by atoms with van der Waals surface area (Å²) in [5.41, 5.74) is 0.152. The standard InChI is InChI=1S/C18H18ClF4N3/c19-16-15-14(24-7-8-26(15)17(25-16)11-3-4-11)6-2-10-1-5-13(20)12(9-10)18(21,22)23/h1,5,9,11,14,24H,2-4,6-8H2. The first-order valence-electron chi connectivity index (χ1n) is 8.69. The molecule has 1 aliphatic heterocycles. The number of hydrogen-bond donors (Lipinski definition) is 1. The van der Waals surface area contributed by atoms with Crippen LogP contribution in [0.25, 0.3) is 0 Å². The fourth-order valence-electron chi connectivity index (χ4n) is 3.62. The predicted molar refractivity (Wildman–Crippen MR) is 89.7 cm³/mol. The second kappa shape index (κ2) is 6.53. The Balaban J connectivity index is 1.53. The third-order valence-corrected chi connectivity index (χ3v) is 5.33. The van der Waals surface area contributed by atoms with Crippen LogP contribution in [0.15, 0.2) is 18.2 Å². The number of alkyl halides is 3. The van der Waals surface area contributed by atoms with E-state index in [0.717, 1.165) is 49.6 Å². The average molecular weight is 388 g/mol. The zero-order valence-corrected chi connectivity index (χ0v) is 14.7. The molecule has 26 heavy (non-hydrogen) atoms. The van der Waals surface area contributed by atoms with Gasteiger partial charge in [0.05, 0.1) is 17.3 Å². The molecule has 1 saturated carbocycles. The first-order chi connectivity index (χ1) is 12.3. The quantitative estimate of drug-likeness (QED) is 0.760. The van der Waals surface area contributed by atoms with Gasteiger partial charge in [0.25, 0.3) is 0 Å². The Morgan fingerprint density at radius 2 is 2.04 bits per heavy atom. The van der Waals surface area contributed by atoms with Crippen LogP contribution in [0.3, 0.4) is 0 Å². The summed E-state index contributed by atoms with van der Waals surface area (Å²) in [5, 5.41) is 3.85. The number of hydrogen-bond acceptors (Lipinski definition) is 2. The lowest BCUT2D eigenvalue weighted by Crippen LogP contribution is -2.34. The van der Waals surface area contributed by atoms with Crippen LogP contribution in [0.5, 0.6) is 0 Å². The first-order valence-corrected chi connectivity index (χ1v) is 9.07. The molecule has 2 aromatic rings. The van der Waals surface area contributed by atoms with Gasteiger partial charge in [0.2, 0.25) is 0 Å². The van der Waals surface area contributed by atoms with E-state index in [0.29, 0.717) is 29.5 Å². The van der Waals surface area contributed by atoms with E-state index in [4.69, 9.17) is 11.6 Å². The van der Waals surface area contributed by atoms with Gasteiger partial charge in [-0.2, -0.15) is 13.2 Å². The van der Waals surface area contributed by atoms with E-state index in [1.807, 2.05) is 0 Å². The maximum atomic E-state index is 13.4. The monoisotopic (exact) mass is 387 g/mol. The minimum Gasteiger partial charge on any atom is -0.328 e. The van der Waals surface area contributed by atoms with Crippen LogP contribution in [0.4, 0.5) is 17.6 Å². The zero-order chi connectivity index (χ0) is 18.5.